The summed E-state index contributed by atoms with van der Waals surface area (Å²) in [5.41, 5.74) is 11.5. The lowest BCUT2D eigenvalue weighted by molar-refractivity contribution is 0.445. The third-order valence-electron chi connectivity index (χ3n) is 10.6. The van der Waals surface area contributed by atoms with Gasteiger partial charge < -0.3 is 4.90 Å². The number of hydrogen-bond acceptors (Lipinski definition) is 1. The van der Waals surface area contributed by atoms with E-state index in [0.29, 0.717) is 5.92 Å². The molecule has 0 bridgehead atoms. The largest absolute Gasteiger partial charge is 0.309 e. The monoisotopic (exact) mass is 635 g/mol. The minimum atomic E-state index is 0.100. The van der Waals surface area contributed by atoms with Gasteiger partial charge in [0.15, 0.2) is 0 Å². The van der Waals surface area contributed by atoms with Crippen LogP contribution in [0.15, 0.2) is 152 Å². The first-order valence-corrected chi connectivity index (χ1v) is 18.1. The molecule has 0 atom stereocenters. The minimum Gasteiger partial charge on any atom is -0.309 e. The predicted molar refractivity (Wildman–Crippen MR) is 212 cm³/mol. The van der Waals surface area contributed by atoms with Gasteiger partial charge in [0, 0.05) is 16.8 Å². The van der Waals surface area contributed by atoms with Gasteiger partial charge in [-0.2, -0.15) is 0 Å². The van der Waals surface area contributed by atoms with Gasteiger partial charge in [-0.1, -0.05) is 167 Å². The van der Waals surface area contributed by atoms with Gasteiger partial charge in [-0.3, -0.25) is 0 Å². The Hall–Kier alpha value is -5.14. The summed E-state index contributed by atoms with van der Waals surface area (Å²) in [5.74, 6) is 0.610. The molecule has 0 unspecified atom stereocenters. The molecule has 49 heavy (non-hydrogen) atoms. The van der Waals surface area contributed by atoms with E-state index in [1.807, 2.05) is 0 Å². The molecule has 0 amide bonds. The molecule has 7 aromatic rings. The Morgan fingerprint density at radius 2 is 1.08 bits per heavy atom. The Balaban J connectivity index is 1.37. The fourth-order valence-electron chi connectivity index (χ4n) is 8.03. The molecule has 0 aliphatic heterocycles. The van der Waals surface area contributed by atoms with Crippen LogP contribution in [0.3, 0.4) is 0 Å². The topological polar surface area (TPSA) is 3.24 Å². The zero-order chi connectivity index (χ0) is 33.4. The van der Waals surface area contributed by atoms with Crippen molar-refractivity contribution in [2.45, 2.75) is 64.2 Å². The van der Waals surface area contributed by atoms with Gasteiger partial charge in [0.25, 0.3) is 0 Å². The fraction of sp³-hybridized carbons (Fsp3) is 0.208. The summed E-state index contributed by atoms with van der Waals surface area (Å²) in [4.78, 5) is 2.50. The molecule has 1 heteroatoms. The zero-order valence-electron chi connectivity index (χ0n) is 29.0. The summed E-state index contributed by atoms with van der Waals surface area (Å²) >= 11 is 0. The lowest BCUT2D eigenvalue weighted by Crippen LogP contribution is -2.13. The van der Waals surface area contributed by atoms with E-state index in [0.717, 1.165) is 5.69 Å². The van der Waals surface area contributed by atoms with Crippen molar-refractivity contribution in [2.24, 2.45) is 0 Å². The molecular formula is C48H45N. The fourth-order valence-corrected chi connectivity index (χ4v) is 8.03. The maximum Gasteiger partial charge on any atom is 0.0540 e. The van der Waals surface area contributed by atoms with Crippen LogP contribution in [-0.4, -0.2) is 0 Å². The summed E-state index contributed by atoms with van der Waals surface area (Å²) in [6, 6.07) is 56.6. The van der Waals surface area contributed by atoms with Crippen molar-refractivity contribution in [2.75, 3.05) is 4.90 Å². The molecule has 1 aliphatic carbocycles. The quantitative estimate of drug-likeness (QED) is 0.176. The van der Waals surface area contributed by atoms with Crippen LogP contribution in [0.5, 0.6) is 0 Å². The predicted octanol–water partition coefficient (Wildman–Crippen LogP) is 14.1. The molecule has 1 nitrogen and oxygen atoms in total. The van der Waals surface area contributed by atoms with Gasteiger partial charge in [0.1, 0.15) is 0 Å². The van der Waals surface area contributed by atoms with E-state index in [1.54, 1.807) is 0 Å². The summed E-state index contributed by atoms with van der Waals surface area (Å²) in [7, 11) is 0. The highest BCUT2D eigenvalue weighted by atomic mass is 15.1. The SMILES string of the molecule is CC(C)(C)c1ccc(-c2ccccc2N(c2ccc3ccccc3c2)c2ccccc2-c2cccc3cccc(C4CCCCC4)c23)cc1. The Morgan fingerprint density at radius 3 is 1.82 bits per heavy atom. The smallest absolute Gasteiger partial charge is 0.0540 e. The molecule has 0 aromatic heterocycles. The number of fused-ring (bicyclic) bond motifs is 2. The van der Waals surface area contributed by atoms with Gasteiger partial charge in [-0.15, -0.1) is 0 Å². The molecule has 0 radical (unpaired) electrons. The van der Waals surface area contributed by atoms with Crippen LogP contribution in [0, 0.1) is 0 Å². The second-order valence-corrected chi connectivity index (χ2v) is 14.8. The maximum absolute atomic E-state index is 2.50. The highest BCUT2D eigenvalue weighted by molar-refractivity contribution is 6.04. The van der Waals surface area contributed by atoms with Gasteiger partial charge in [0.2, 0.25) is 0 Å². The first-order chi connectivity index (χ1) is 24.0. The number of nitrogens with zero attached hydrogens (tertiary/aromatic N) is 1. The van der Waals surface area contributed by atoms with E-state index >= 15 is 0 Å². The van der Waals surface area contributed by atoms with Crippen molar-refractivity contribution < 1.29 is 0 Å². The van der Waals surface area contributed by atoms with Crippen LogP contribution in [0.2, 0.25) is 0 Å². The first kappa shape index (κ1) is 31.1. The summed E-state index contributed by atoms with van der Waals surface area (Å²) in [6.07, 6.45) is 6.56. The van der Waals surface area contributed by atoms with E-state index < -0.39 is 0 Å². The molecular weight excluding hydrogens is 591 g/mol. The molecule has 0 N–H and O–H groups in total. The lowest BCUT2D eigenvalue weighted by Gasteiger charge is -2.31. The number of para-hydroxylation sites is 2. The minimum absolute atomic E-state index is 0.100. The highest BCUT2D eigenvalue weighted by Crippen LogP contribution is 2.48. The molecule has 8 rings (SSSR count). The molecule has 0 heterocycles. The van der Waals surface area contributed by atoms with Gasteiger partial charge in [-0.25, -0.2) is 0 Å². The zero-order valence-corrected chi connectivity index (χ0v) is 29.0. The number of rotatable bonds is 6. The standard InChI is InChI=1S/C48H45N/c1-48(2,3)39-30-27-36(28-31-39)41-21-9-11-25-45(41)49(40-32-29-34-15-7-8-18-38(34)33-40)46-26-12-10-22-43(46)44-24-14-20-37-19-13-23-42(47(37)44)35-16-5-4-6-17-35/h7-15,18-33,35H,4-6,16-17H2,1-3H3. The molecule has 242 valence electrons. The second kappa shape index (κ2) is 13.1. The van der Waals surface area contributed by atoms with Crippen LogP contribution in [0.4, 0.5) is 17.1 Å². The Kier molecular flexibility index (Phi) is 8.30. The Labute approximate surface area is 291 Å². The molecule has 1 aliphatic rings. The number of anilines is 3. The van der Waals surface area contributed by atoms with Crippen molar-refractivity contribution in [1.82, 2.24) is 0 Å². The van der Waals surface area contributed by atoms with Crippen LogP contribution >= 0.6 is 0 Å². The first-order valence-electron chi connectivity index (χ1n) is 18.1. The average molecular weight is 636 g/mol. The van der Waals surface area contributed by atoms with Gasteiger partial charge in [-0.05, 0) is 92.2 Å². The van der Waals surface area contributed by atoms with Crippen molar-refractivity contribution >= 4 is 38.6 Å². The maximum atomic E-state index is 2.50. The second-order valence-electron chi connectivity index (χ2n) is 14.8. The van der Waals surface area contributed by atoms with Crippen LogP contribution < -0.4 is 4.90 Å². The Bertz CT molecular complexity index is 2240. The van der Waals surface area contributed by atoms with E-state index in [2.05, 4.69) is 177 Å². The van der Waals surface area contributed by atoms with Crippen molar-refractivity contribution in [1.29, 1.82) is 0 Å². The van der Waals surface area contributed by atoms with Crippen molar-refractivity contribution in [3.05, 3.63) is 163 Å². The van der Waals surface area contributed by atoms with Crippen molar-refractivity contribution in [3.63, 3.8) is 0 Å². The summed E-state index contributed by atoms with van der Waals surface area (Å²) in [5, 5.41) is 5.22. The normalized spacial score (nSPS) is 13.9. The third kappa shape index (κ3) is 6.04. The lowest BCUT2D eigenvalue weighted by atomic mass is 9.80. The summed E-state index contributed by atoms with van der Waals surface area (Å²) < 4.78 is 0. The molecule has 1 saturated carbocycles. The molecule has 0 spiro atoms. The van der Waals surface area contributed by atoms with E-state index in [-0.39, 0.29) is 5.41 Å². The highest BCUT2D eigenvalue weighted by Gasteiger charge is 2.24. The van der Waals surface area contributed by atoms with E-state index in [1.165, 1.54) is 98.4 Å². The van der Waals surface area contributed by atoms with Gasteiger partial charge >= 0.3 is 0 Å². The number of benzene rings is 7. The number of hydrogen-bond donors (Lipinski definition) is 0. The average Bonchev–Trinajstić information content (AvgIpc) is 3.15. The third-order valence-corrected chi connectivity index (χ3v) is 10.6. The van der Waals surface area contributed by atoms with E-state index in [9.17, 15) is 0 Å². The van der Waals surface area contributed by atoms with E-state index in [4.69, 9.17) is 0 Å². The van der Waals surface area contributed by atoms with Gasteiger partial charge in [0.05, 0.1) is 11.4 Å². The summed E-state index contributed by atoms with van der Waals surface area (Å²) in [6.45, 7) is 6.84. The Morgan fingerprint density at radius 1 is 0.490 bits per heavy atom. The molecule has 0 saturated heterocycles. The molecule has 7 aromatic carbocycles. The van der Waals surface area contributed by atoms with Crippen LogP contribution in [0.25, 0.3) is 43.8 Å². The van der Waals surface area contributed by atoms with Crippen LogP contribution in [-0.2, 0) is 5.41 Å². The molecule has 1 fully saturated rings. The van der Waals surface area contributed by atoms with Crippen LogP contribution in [0.1, 0.15) is 69.9 Å². The van der Waals surface area contributed by atoms with Crippen molar-refractivity contribution in [3.8, 4) is 22.3 Å².